The first kappa shape index (κ1) is 35.4. The van der Waals surface area contributed by atoms with Crippen molar-refractivity contribution in [3.05, 3.63) is 111 Å². The summed E-state index contributed by atoms with van der Waals surface area (Å²) in [5, 5.41) is 0. The number of hydrogen-bond acceptors (Lipinski definition) is 9. The second-order valence-corrected chi connectivity index (χ2v) is 14.4. The van der Waals surface area contributed by atoms with E-state index in [-0.39, 0.29) is 23.9 Å². The molecule has 0 saturated carbocycles. The Morgan fingerprint density at radius 3 is 1.54 bits per heavy atom. The molecule has 12 heteroatoms. The van der Waals surface area contributed by atoms with Gasteiger partial charge in [0.2, 0.25) is 0 Å². The van der Waals surface area contributed by atoms with E-state index in [0.29, 0.717) is 78.0 Å². The van der Waals surface area contributed by atoms with Gasteiger partial charge in [-0.1, -0.05) is 24.3 Å². The van der Waals surface area contributed by atoms with Crippen LogP contribution in [0.3, 0.4) is 0 Å². The molecule has 11 nitrogen and oxygen atoms in total. The van der Waals surface area contributed by atoms with Crippen molar-refractivity contribution in [1.82, 2.24) is 9.80 Å². The molecule has 0 bridgehead atoms. The molecule has 2 atom stereocenters. The number of benzene rings is 4. The standard InChI is InChI=1S/C42H37IN4O7/c1-50-32-11-7-26(8-12-32)28-16-31-22-45-36-20-40(38(52-3)18-34(36)42(49)47(31)24-28)54-14-4-13-53-39-19-35-33(17-37(39)51-2)41(48)46-23-27(15-30(46)21-44-35)25-5-9-29(43)10-6-25/h5-12,17-24,30-31H,4,13-16H2,1-3H3/t30-,31-/m0/s1. The molecule has 4 aliphatic rings. The number of aliphatic imine (C=N–C) groups is 2. The predicted molar refractivity (Wildman–Crippen MR) is 215 cm³/mol. The molecule has 4 aromatic rings. The molecular formula is C42H37IN4O7. The van der Waals surface area contributed by atoms with Crippen LogP contribution in [0.15, 0.2) is 95.2 Å². The van der Waals surface area contributed by atoms with Crippen LogP contribution in [0.4, 0.5) is 11.4 Å². The topological polar surface area (TPSA) is 111 Å². The normalized spacial score (nSPS) is 18.1. The number of ether oxygens (including phenoxy) is 5. The number of carbonyl (C=O) groups excluding carboxylic acids is 2. The fraction of sp³-hybridized carbons (Fsp3) is 0.238. The first-order chi connectivity index (χ1) is 26.3. The van der Waals surface area contributed by atoms with E-state index in [9.17, 15) is 9.59 Å². The van der Waals surface area contributed by atoms with Crippen molar-refractivity contribution in [3.8, 4) is 28.7 Å². The summed E-state index contributed by atoms with van der Waals surface area (Å²) in [6.07, 6.45) is 9.34. The molecule has 0 unspecified atom stereocenters. The first-order valence-electron chi connectivity index (χ1n) is 17.6. The maximum atomic E-state index is 13.7. The molecule has 0 radical (unpaired) electrons. The number of fused-ring (bicyclic) bond motifs is 4. The van der Waals surface area contributed by atoms with E-state index < -0.39 is 0 Å². The lowest BCUT2D eigenvalue weighted by Gasteiger charge is -2.19. The van der Waals surface area contributed by atoms with Gasteiger partial charge >= 0.3 is 0 Å². The Balaban J connectivity index is 0.909. The van der Waals surface area contributed by atoms with Gasteiger partial charge in [0.1, 0.15) is 5.75 Å². The minimum atomic E-state index is -0.200. The number of rotatable bonds is 11. The molecule has 4 aromatic carbocycles. The molecule has 2 amide bonds. The summed E-state index contributed by atoms with van der Waals surface area (Å²) in [7, 11) is 4.73. The smallest absolute Gasteiger partial charge is 0.260 e. The van der Waals surface area contributed by atoms with Gasteiger partial charge in [0.05, 0.1) is 69.1 Å². The van der Waals surface area contributed by atoms with Crippen molar-refractivity contribution in [2.75, 3.05) is 34.5 Å². The number of methoxy groups -OCH3 is 3. The number of nitrogens with zero attached hydrogens (tertiary/aromatic N) is 4. The second kappa shape index (κ2) is 15.0. The highest BCUT2D eigenvalue weighted by atomic mass is 127. The van der Waals surface area contributed by atoms with Gasteiger partial charge in [0, 0.05) is 59.8 Å². The molecule has 0 aliphatic carbocycles. The lowest BCUT2D eigenvalue weighted by molar-refractivity contribution is 0.0809. The van der Waals surface area contributed by atoms with Gasteiger partial charge in [0.15, 0.2) is 23.0 Å². The molecule has 0 spiro atoms. The van der Waals surface area contributed by atoms with Gasteiger partial charge in [-0.2, -0.15) is 0 Å². The van der Waals surface area contributed by atoms with Crippen LogP contribution in [0.2, 0.25) is 0 Å². The van der Waals surface area contributed by atoms with Gasteiger partial charge in [-0.3, -0.25) is 19.6 Å². The Hall–Kier alpha value is -5.63. The van der Waals surface area contributed by atoms with Crippen molar-refractivity contribution in [1.29, 1.82) is 0 Å². The monoisotopic (exact) mass is 836 g/mol. The third-order valence-electron chi connectivity index (χ3n) is 9.91. The number of carbonyl (C=O) groups is 2. The third kappa shape index (κ3) is 6.81. The predicted octanol–water partition coefficient (Wildman–Crippen LogP) is 8.11. The Morgan fingerprint density at radius 2 is 1.09 bits per heavy atom. The molecule has 0 fully saturated rings. The van der Waals surface area contributed by atoms with Crippen LogP contribution >= 0.6 is 22.6 Å². The molecule has 8 rings (SSSR count). The Kier molecular flexibility index (Phi) is 9.84. The summed E-state index contributed by atoms with van der Waals surface area (Å²) in [5.41, 5.74) is 6.21. The Labute approximate surface area is 326 Å². The molecule has 4 aliphatic heterocycles. The van der Waals surface area contributed by atoms with E-state index in [1.54, 1.807) is 55.4 Å². The van der Waals surface area contributed by atoms with Crippen LogP contribution < -0.4 is 23.7 Å². The van der Waals surface area contributed by atoms with Gasteiger partial charge in [0.25, 0.3) is 11.8 Å². The third-order valence-corrected chi connectivity index (χ3v) is 10.6. The summed E-state index contributed by atoms with van der Waals surface area (Å²) in [6, 6.07) is 22.6. The second-order valence-electron chi connectivity index (χ2n) is 13.2. The van der Waals surface area contributed by atoms with Crippen LogP contribution in [0.1, 0.15) is 51.1 Å². The van der Waals surface area contributed by atoms with Crippen LogP contribution in [0.25, 0.3) is 11.1 Å². The Morgan fingerprint density at radius 1 is 0.630 bits per heavy atom. The van der Waals surface area contributed by atoms with Gasteiger partial charge in [-0.25, -0.2) is 0 Å². The fourth-order valence-electron chi connectivity index (χ4n) is 7.03. The SMILES string of the molecule is COc1ccc(C2=CN3C(=O)c4cc(OC)c(OCCCOc5cc6c(cc5OC)C(=O)N5C=C(c7ccc(I)cc7)C[C@H]5C=N6)cc4N=C[C@@H]3C2)cc1. The molecule has 0 N–H and O–H groups in total. The molecule has 54 heavy (non-hydrogen) atoms. The van der Waals surface area contributed by atoms with E-state index in [1.165, 1.54) is 0 Å². The van der Waals surface area contributed by atoms with Crippen molar-refractivity contribution >= 4 is 69.4 Å². The molecule has 274 valence electrons. The maximum absolute atomic E-state index is 13.7. The largest absolute Gasteiger partial charge is 0.497 e. The van der Waals surface area contributed by atoms with Crippen molar-refractivity contribution in [3.63, 3.8) is 0 Å². The highest BCUT2D eigenvalue weighted by Gasteiger charge is 2.35. The van der Waals surface area contributed by atoms with E-state index >= 15 is 0 Å². The fourth-order valence-corrected chi connectivity index (χ4v) is 7.39. The number of halogens is 1. The number of amides is 2. The maximum Gasteiger partial charge on any atom is 0.260 e. The minimum Gasteiger partial charge on any atom is -0.497 e. The lowest BCUT2D eigenvalue weighted by Crippen LogP contribution is -2.32. The van der Waals surface area contributed by atoms with Crippen LogP contribution in [-0.4, -0.2) is 80.7 Å². The molecular weight excluding hydrogens is 799 g/mol. The van der Waals surface area contributed by atoms with Gasteiger partial charge < -0.3 is 33.5 Å². The minimum absolute atomic E-state index is 0.137. The molecule has 0 saturated heterocycles. The summed E-state index contributed by atoms with van der Waals surface area (Å²) in [4.78, 5) is 40.3. The van der Waals surface area contributed by atoms with Crippen molar-refractivity contribution in [2.24, 2.45) is 9.98 Å². The van der Waals surface area contributed by atoms with Crippen molar-refractivity contribution in [2.45, 2.75) is 31.3 Å². The summed E-state index contributed by atoms with van der Waals surface area (Å²) in [6.45, 7) is 0.623. The summed E-state index contributed by atoms with van der Waals surface area (Å²) < 4.78 is 30.0. The highest BCUT2D eigenvalue weighted by Crippen LogP contribution is 2.42. The van der Waals surface area contributed by atoms with Crippen molar-refractivity contribution < 1.29 is 33.3 Å². The lowest BCUT2D eigenvalue weighted by atomic mass is 10.0. The zero-order chi connectivity index (χ0) is 37.3. The van der Waals surface area contributed by atoms with Gasteiger partial charge in [-0.05, 0) is 81.3 Å². The zero-order valence-corrected chi connectivity index (χ0v) is 32.1. The van der Waals surface area contributed by atoms with Gasteiger partial charge in [-0.15, -0.1) is 0 Å². The Bertz CT molecular complexity index is 2250. The van der Waals surface area contributed by atoms with Crippen LogP contribution in [-0.2, 0) is 0 Å². The van der Waals surface area contributed by atoms with Crippen LogP contribution in [0.5, 0.6) is 28.7 Å². The average Bonchev–Trinajstić information content (AvgIpc) is 3.78. The first-order valence-corrected chi connectivity index (χ1v) is 18.7. The molecule has 0 aromatic heterocycles. The quantitative estimate of drug-likeness (QED) is 0.111. The van der Waals surface area contributed by atoms with E-state index in [0.717, 1.165) is 31.6 Å². The van der Waals surface area contributed by atoms with Crippen LogP contribution in [0, 0.1) is 3.57 Å². The number of hydrogen-bond donors (Lipinski definition) is 0. The average molecular weight is 837 g/mol. The van der Waals surface area contributed by atoms with E-state index in [4.69, 9.17) is 33.7 Å². The highest BCUT2D eigenvalue weighted by molar-refractivity contribution is 14.1. The summed E-state index contributed by atoms with van der Waals surface area (Å²) in [5.74, 6) is 2.33. The summed E-state index contributed by atoms with van der Waals surface area (Å²) >= 11 is 2.29. The molecule has 4 heterocycles. The van der Waals surface area contributed by atoms with E-state index in [2.05, 4.69) is 46.9 Å². The zero-order valence-electron chi connectivity index (χ0n) is 30.0. The van der Waals surface area contributed by atoms with E-state index in [1.807, 2.05) is 49.1 Å².